The van der Waals surface area contributed by atoms with E-state index in [0.29, 0.717) is 5.69 Å². The molecule has 2 rings (SSSR count). The Balaban J connectivity index is 2.38. The van der Waals surface area contributed by atoms with Crippen LogP contribution in [0, 0.1) is 5.82 Å². The maximum absolute atomic E-state index is 13.0. The normalized spacial score (nSPS) is 11.1. The topological polar surface area (TPSA) is 94.3 Å². The Morgan fingerprint density at radius 3 is 2.70 bits per heavy atom. The SMILES string of the molecule is COc1cc(N)ccc1NS(=O)(=O)c1cncc(F)c1. The highest BCUT2D eigenvalue weighted by Crippen LogP contribution is 2.28. The quantitative estimate of drug-likeness (QED) is 0.836. The maximum atomic E-state index is 13.0. The second-order valence-corrected chi connectivity index (χ2v) is 5.59. The van der Waals surface area contributed by atoms with Gasteiger partial charge in [-0.2, -0.15) is 0 Å². The van der Waals surface area contributed by atoms with Gasteiger partial charge in [-0.15, -0.1) is 0 Å². The van der Waals surface area contributed by atoms with Gasteiger partial charge in [0.2, 0.25) is 0 Å². The molecule has 0 aliphatic heterocycles. The molecule has 0 bridgehead atoms. The van der Waals surface area contributed by atoms with E-state index in [-0.39, 0.29) is 16.3 Å². The monoisotopic (exact) mass is 297 g/mol. The van der Waals surface area contributed by atoms with E-state index in [4.69, 9.17) is 10.5 Å². The number of rotatable bonds is 4. The molecule has 0 atom stereocenters. The van der Waals surface area contributed by atoms with E-state index in [0.717, 1.165) is 18.5 Å². The molecule has 0 aliphatic carbocycles. The average molecular weight is 297 g/mol. The van der Waals surface area contributed by atoms with Gasteiger partial charge in [-0.25, -0.2) is 12.8 Å². The number of methoxy groups -OCH3 is 1. The highest BCUT2D eigenvalue weighted by molar-refractivity contribution is 7.92. The molecule has 1 heterocycles. The van der Waals surface area contributed by atoms with E-state index in [9.17, 15) is 12.8 Å². The first kappa shape index (κ1) is 14.1. The number of nitrogens with one attached hydrogen (secondary N) is 1. The minimum Gasteiger partial charge on any atom is -0.494 e. The van der Waals surface area contributed by atoms with E-state index in [1.54, 1.807) is 0 Å². The molecule has 0 saturated carbocycles. The van der Waals surface area contributed by atoms with Gasteiger partial charge in [0, 0.05) is 18.0 Å². The fourth-order valence-electron chi connectivity index (χ4n) is 1.54. The van der Waals surface area contributed by atoms with Crippen molar-refractivity contribution in [1.82, 2.24) is 4.98 Å². The number of anilines is 2. The molecule has 0 fully saturated rings. The van der Waals surface area contributed by atoms with Gasteiger partial charge in [0.15, 0.2) is 0 Å². The predicted octanol–water partition coefficient (Wildman–Crippen LogP) is 1.61. The lowest BCUT2D eigenvalue weighted by molar-refractivity contribution is 0.417. The molecule has 2 aromatic rings. The molecule has 6 nitrogen and oxygen atoms in total. The summed E-state index contributed by atoms with van der Waals surface area (Å²) in [6.45, 7) is 0. The Morgan fingerprint density at radius 1 is 1.30 bits per heavy atom. The van der Waals surface area contributed by atoms with Crippen LogP contribution in [0.1, 0.15) is 0 Å². The Hall–Kier alpha value is -2.35. The first-order chi connectivity index (χ1) is 9.42. The summed E-state index contributed by atoms with van der Waals surface area (Å²) < 4.78 is 44.6. The lowest BCUT2D eigenvalue weighted by Gasteiger charge is -2.12. The van der Waals surface area contributed by atoms with Gasteiger partial charge < -0.3 is 10.5 Å². The van der Waals surface area contributed by atoms with Crippen molar-refractivity contribution in [2.45, 2.75) is 4.90 Å². The van der Waals surface area contributed by atoms with E-state index in [1.165, 1.54) is 25.3 Å². The molecule has 106 valence electrons. The zero-order valence-electron chi connectivity index (χ0n) is 10.5. The van der Waals surface area contributed by atoms with Crippen molar-refractivity contribution in [2.24, 2.45) is 0 Å². The summed E-state index contributed by atoms with van der Waals surface area (Å²) in [5, 5.41) is 0. The van der Waals surface area contributed by atoms with Gasteiger partial charge in [0.05, 0.1) is 19.0 Å². The number of pyridine rings is 1. The molecule has 8 heteroatoms. The summed E-state index contributed by atoms with van der Waals surface area (Å²) >= 11 is 0. The molecule has 0 saturated heterocycles. The van der Waals surface area contributed by atoms with E-state index < -0.39 is 15.8 Å². The number of hydrogen-bond donors (Lipinski definition) is 2. The Morgan fingerprint density at radius 2 is 2.05 bits per heavy atom. The Bertz CT molecular complexity index is 734. The first-order valence-electron chi connectivity index (χ1n) is 5.49. The molecule has 0 aliphatic rings. The summed E-state index contributed by atoms with van der Waals surface area (Å²) in [4.78, 5) is 3.22. The smallest absolute Gasteiger partial charge is 0.263 e. The minimum atomic E-state index is -3.95. The zero-order chi connectivity index (χ0) is 14.8. The molecule has 1 aromatic carbocycles. The first-order valence-corrected chi connectivity index (χ1v) is 6.97. The van der Waals surface area contributed by atoms with Crippen molar-refractivity contribution in [2.75, 3.05) is 17.6 Å². The molecule has 20 heavy (non-hydrogen) atoms. The molecule has 0 spiro atoms. The maximum Gasteiger partial charge on any atom is 0.263 e. The van der Waals surface area contributed by atoms with Crippen molar-refractivity contribution in [3.63, 3.8) is 0 Å². The van der Waals surface area contributed by atoms with Crippen molar-refractivity contribution in [3.8, 4) is 5.75 Å². The van der Waals surface area contributed by atoms with Gasteiger partial charge in [-0.3, -0.25) is 9.71 Å². The molecule has 0 unspecified atom stereocenters. The van der Waals surface area contributed by atoms with Crippen LogP contribution in [0.25, 0.3) is 0 Å². The lowest BCUT2D eigenvalue weighted by Crippen LogP contribution is -2.14. The number of nitrogens with zero attached hydrogens (tertiary/aromatic N) is 1. The summed E-state index contributed by atoms with van der Waals surface area (Å²) in [5.41, 5.74) is 6.21. The van der Waals surface area contributed by atoms with Crippen molar-refractivity contribution < 1.29 is 17.5 Å². The number of sulfonamides is 1. The van der Waals surface area contributed by atoms with Gasteiger partial charge >= 0.3 is 0 Å². The van der Waals surface area contributed by atoms with E-state index >= 15 is 0 Å². The zero-order valence-corrected chi connectivity index (χ0v) is 11.3. The fraction of sp³-hybridized carbons (Fsp3) is 0.0833. The number of aromatic nitrogens is 1. The van der Waals surface area contributed by atoms with Gasteiger partial charge in [-0.05, 0) is 18.2 Å². The minimum absolute atomic E-state index is 0.200. The summed E-state index contributed by atoms with van der Waals surface area (Å²) in [6.07, 6.45) is 1.97. The Kier molecular flexibility index (Phi) is 3.75. The highest BCUT2D eigenvalue weighted by Gasteiger charge is 2.17. The van der Waals surface area contributed by atoms with Crippen LogP contribution in [0.5, 0.6) is 5.75 Å². The van der Waals surface area contributed by atoms with Crippen molar-refractivity contribution in [3.05, 3.63) is 42.5 Å². The number of halogens is 1. The third-order valence-corrected chi connectivity index (χ3v) is 3.79. The third-order valence-electron chi connectivity index (χ3n) is 2.46. The largest absolute Gasteiger partial charge is 0.494 e. The second-order valence-electron chi connectivity index (χ2n) is 3.90. The Labute approximate surface area is 115 Å². The molecule has 1 aromatic heterocycles. The second kappa shape index (κ2) is 5.33. The van der Waals surface area contributed by atoms with E-state index in [2.05, 4.69) is 9.71 Å². The standard InChI is InChI=1S/C12H12FN3O3S/c1-19-12-5-9(14)2-3-11(12)16-20(17,18)10-4-8(13)6-15-7-10/h2-7,16H,14H2,1H3. The molecule has 0 radical (unpaired) electrons. The highest BCUT2D eigenvalue weighted by atomic mass is 32.2. The van der Waals surface area contributed by atoms with Crippen LogP contribution < -0.4 is 15.2 Å². The number of nitrogen functional groups attached to an aromatic ring is 1. The number of benzene rings is 1. The van der Waals surface area contributed by atoms with Crippen LogP contribution >= 0.6 is 0 Å². The summed E-state index contributed by atoms with van der Waals surface area (Å²) in [6, 6.07) is 5.32. The number of hydrogen-bond acceptors (Lipinski definition) is 5. The average Bonchev–Trinajstić information content (AvgIpc) is 2.40. The molecular formula is C12H12FN3O3S. The van der Waals surface area contributed by atoms with Crippen LogP contribution in [0.15, 0.2) is 41.6 Å². The molecule has 3 N–H and O–H groups in total. The van der Waals surface area contributed by atoms with Crippen molar-refractivity contribution >= 4 is 21.4 Å². The fourth-order valence-corrected chi connectivity index (χ4v) is 2.58. The van der Waals surface area contributed by atoms with Crippen LogP contribution in [-0.4, -0.2) is 20.5 Å². The van der Waals surface area contributed by atoms with Gasteiger partial charge in [0.25, 0.3) is 10.0 Å². The van der Waals surface area contributed by atoms with Gasteiger partial charge in [-0.1, -0.05) is 0 Å². The van der Waals surface area contributed by atoms with Gasteiger partial charge in [0.1, 0.15) is 16.5 Å². The lowest BCUT2D eigenvalue weighted by atomic mass is 10.2. The third kappa shape index (κ3) is 2.97. The molecular weight excluding hydrogens is 285 g/mol. The van der Waals surface area contributed by atoms with Crippen LogP contribution in [0.3, 0.4) is 0 Å². The van der Waals surface area contributed by atoms with Crippen LogP contribution in [-0.2, 0) is 10.0 Å². The number of ether oxygens (including phenoxy) is 1. The summed E-state index contributed by atoms with van der Waals surface area (Å²) in [5.74, 6) is -0.477. The van der Waals surface area contributed by atoms with Crippen LogP contribution in [0.4, 0.5) is 15.8 Å². The predicted molar refractivity (Wildman–Crippen MR) is 72.4 cm³/mol. The van der Waals surface area contributed by atoms with Crippen molar-refractivity contribution in [1.29, 1.82) is 0 Å². The molecule has 0 amide bonds. The van der Waals surface area contributed by atoms with Crippen LogP contribution in [0.2, 0.25) is 0 Å². The summed E-state index contributed by atoms with van der Waals surface area (Å²) in [7, 11) is -2.57. The van der Waals surface area contributed by atoms with E-state index in [1.807, 2.05) is 0 Å². The number of nitrogens with two attached hydrogens (primary N) is 1.